The van der Waals surface area contributed by atoms with Crippen LogP contribution in [0.4, 0.5) is 0 Å². The van der Waals surface area contributed by atoms with E-state index in [-0.39, 0.29) is 35.6 Å². The zero-order valence-electron chi connectivity index (χ0n) is 15.5. The Bertz CT molecular complexity index is 1070. The van der Waals surface area contributed by atoms with Gasteiger partial charge >= 0.3 is 0 Å². The summed E-state index contributed by atoms with van der Waals surface area (Å²) in [5.74, 6) is 0.462. The minimum Gasteiger partial charge on any atom is -0.340 e. The summed E-state index contributed by atoms with van der Waals surface area (Å²) in [5, 5.41) is 0.656. The molecular weight excluding hydrogens is 386 g/mol. The molecule has 4 rings (SSSR count). The summed E-state index contributed by atoms with van der Waals surface area (Å²) in [4.78, 5) is 33.5. The number of sulfone groups is 1. The molecule has 0 spiro atoms. The Morgan fingerprint density at radius 3 is 2.89 bits per heavy atom. The van der Waals surface area contributed by atoms with Crippen molar-refractivity contribution in [2.75, 3.05) is 18.6 Å². The maximum absolute atomic E-state index is 13.0. The van der Waals surface area contributed by atoms with Gasteiger partial charge in [-0.15, -0.1) is 11.3 Å². The van der Waals surface area contributed by atoms with E-state index in [2.05, 4.69) is 11.9 Å². The van der Waals surface area contributed by atoms with E-state index in [4.69, 9.17) is 0 Å². The molecule has 2 aromatic heterocycles. The minimum atomic E-state index is -3.06. The molecule has 0 radical (unpaired) electrons. The van der Waals surface area contributed by atoms with Crippen LogP contribution in [-0.4, -0.2) is 53.4 Å². The Morgan fingerprint density at radius 1 is 1.41 bits per heavy atom. The number of hydrogen-bond acceptors (Lipinski definition) is 6. The van der Waals surface area contributed by atoms with Crippen molar-refractivity contribution in [1.82, 2.24) is 14.5 Å². The van der Waals surface area contributed by atoms with E-state index < -0.39 is 9.84 Å². The summed E-state index contributed by atoms with van der Waals surface area (Å²) >= 11 is 1.59. The highest BCUT2D eigenvalue weighted by atomic mass is 32.2. The number of aromatic nitrogens is 2. The summed E-state index contributed by atoms with van der Waals surface area (Å²) in [7, 11) is -1.45. The van der Waals surface area contributed by atoms with Gasteiger partial charge < -0.3 is 4.90 Å². The number of nitrogens with zero attached hydrogens (tertiary/aromatic N) is 3. The van der Waals surface area contributed by atoms with Crippen molar-refractivity contribution < 1.29 is 13.2 Å². The predicted molar refractivity (Wildman–Crippen MR) is 105 cm³/mol. The maximum atomic E-state index is 13.0. The molecule has 0 saturated carbocycles. The Hall–Kier alpha value is -1.74. The Morgan fingerprint density at radius 2 is 2.19 bits per heavy atom. The third kappa shape index (κ3) is 3.42. The molecule has 2 aromatic rings. The van der Waals surface area contributed by atoms with Gasteiger partial charge in [0, 0.05) is 18.0 Å². The Balaban J connectivity index is 1.60. The molecule has 1 aliphatic carbocycles. The predicted octanol–water partition coefficient (Wildman–Crippen LogP) is 1.23. The Labute approximate surface area is 161 Å². The largest absolute Gasteiger partial charge is 0.340 e. The number of likely N-dealkylation sites (N-methyl/N-ethyl adjacent to an activating group) is 1. The maximum Gasteiger partial charge on any atom is 0.262 e. The van der Waals surface area contributed by atoms with E-state index >= 15 is 0 Å². The summed E-state index contributed by atoms with van der Waals surface area (Å²) in [5.41, 5.74) is 0.926. The van der Waals surface area contributed by atoms with Crippen LogP contribution in [0.2, 0.25) is 0 Å². The lowest BCUT2D eigenvalue weighted by atomic mass is 9.89. The van der Waals surface area contributed by atoms with E-state index in [1.54, 1.807) is 18.4 Å². The first-order chi connectivity index (χ1) is 12.7. The van der Waals surface area contributed by atoms with Gasteiger partial charge in [-0.25, -0.2) is 13.4 Å². The first-order valence-electron chi connectivity index (χ1n) is 9.21. The van der Waals surface area contributed by atoms with Crippen LogP contribution in [0.5, 0.6) is 0 Å². The Kier molecular flexibility index (Phi) is 4.62. The van der Waals surface area contributed by atoms with Crippen molar-refractivity contribution >= 4 is 37.3 Å². The van der Waals surface area contributed by atoms with Gasteiger partial charge in [0.25, 0.3) is 5.56 Å². The van der Waals surface area contributed by atoms with Crippen molar-refractivity contribution in [2.24, 2.45) is 5.92 Å². The number of hydrogen-bond donors (Lipinski definition) is 0. The lowest BCUT2D eigenvalue weighted by Gasteiger charge is -2.23. The van der Waals surface area contributed by atoms with Crippen LogP contribution in [0.3, 0.4) is 0 Å². The van der Waals surface area contributed by atoms with Crippen LogP contribution in [0.1, 0.15) is 30.2 Å². The molecule has 2 atom stereocenters. The summed E-state index contributed by atoms with van der Waals surface area (Å²) in [6, 6.07) is -0.315. The van der Waals surface area contributed by atoms with Crippen molar-refractivity contribution in [3.63, 3.8) is 0 Å². The van der Waals surface area contributed by atoms with E-state index in [0.717, 1.165) is 29.7 Å². The molecule has 0 bridgehead atoms. The molecule has 0 unspecified atom stereocenters. The smallest absolute Gasteiger partial charge is 0.262 e. The lowest BCUT2D eigenvalue weighted by Crippen LogP contribution is -2.41. The van der Waals surface area contributed by atoms with Gasteiger partial charge in [0.1, 0.15) is 11.4 Å². The summed E-state index contributed by atoms with van der Waals surface area (Å²) in [6.07, 6.45) is 4.81. The van der Waals surface area contributed by atoms with Gasteiger partial charge in [-0.3, -0.25) is 14.2 Å². The third-order valence-corrected chi connectivity index (χ3v) is 8.65. The number of amides is 1. The monoisotopic (exact) mass is 409 g/mol. The van der Waals surface area contributed by atoms with Crippen molar-refractivity contribution in [3.8, 4) is 0 Å². The number of rotatable bonds is 3. The second-order valence-electron chi connectivity index (χ2n) is 7.77. The van der Waals surface area contributed by atoms with E-state index in [1.165, 1.54) is 20.7 Å². The number of carbonyl (C=O) groups is 1. The zero-order chi connectivity index (χ0) is 19.3. The van der Waals surface area contributed by atoms with Crippen molar-refractivity contribution in [1.29, 1.82) is 0 Å². The SMILES string of the molecule is C[C@@H]1CCc2c(sc3ncn(CC(=O)N(C)[C@H]4CCS(=O)(=O)C4)c(=O)c23)C1. The van der Waals surface area contributed by atoms with Crippen molar-refractivity contribution in [2.45, 2.75) is 45.2 Å². The first kappa shape index (κ1) is 18.6. The molecule has 1 amide bonds. The molecule has 27 heavy (non-hydrogen) atoms. The zero-order valence-corrected chi connectivity index (χ0v) is 17.1. The van der Waals surface area contributed by atoms with Crippen LogP contribution >= 0.6 is 11.3 Å². The van der Waals surface area contributed by atoms with Crippen LogP contribution < -0.4 is 5.56 Å². The van der Waals surface area contributed by atoms with Gasteiger partial charge in [0.15, 0.2) is 9.84 Å². The number of carbonyl (C=O) groups excluding carboxylic acids is 1. The highest BCUT2D eigenvalue weighted by molar-refractivity contribution is 7.91. The van der Waals surface area contributed by atoms with Crippen LogP contribution in [0, 0.1) is 5.92 Å². The second kappa shape index (κ2) is 6.70. The molecule has 0 N–H and O–H groups in total. The molecule has 2 aliphatic rings. The molecule has 1 saturated heterocycles. The number of aryl methyl sites for hydroxylation is 1. The standard InChI is InChI=1S/C18H23N3O4S2/c1-11-3-4-13-14(7-11)26-17-16(13)18(23)21(10-19-17)8-15(22)20(2)12-5-6-27(24,25)9-12/h10-12H,3-9H2,1-2H3/t11-,12+/m1/s1. The van der Waals surface area contributed by atoms with Crippen LogP contribution in [0.15, 0.2) is 11.1 Å². The molecule has 3 heterocycles. The first-order valence-corrected chi connectivity index (χ1v) is 11.8. The van der Waals surface area contributed by atoms with Gasteiger partial charge in [0.2, 0.25) is 5.91 Å². The van der Waals surface area contributed by atoms with Crippen LogP contribution in [-0.2, 0) is 34.0 Å². The fourth-order valence-corrected chi connectivity index (χ4v) is 7.14. The van der Waals surface area contributed by atoms with E-state index in [0.29, 0.717) is 17.7 Å². The fourth-order valence-electron chi connectivity index (χ4n) is 4.02. The van der Waals surface area contributed by atoms with Gasteiger partial charge in [-0.05, 0) is 37.2 Å². The van der Waals surface area contributed by atoms with E-state index in [1.807, 2.05) is 0 Å². The molecule has 7 nitrogen and oxygen atoms in total. The average Bonchev–Trinajstić information content (AvgIpc) is 3.16. The molecule has 0 aromatic carbocycles. The summed E-state index contributed by atoms with van der Waals surface area (Å²) in [6.45, 7) is 2.10. The summed E-state index contributed by atoms with van der Waals surface area (Å²) < 4.78 is 24.7. The highest BCUT2D eigenvalue weighted by Gasteiger charge is 2.33. The average molecular weight is 410 g/mol. The van der Waals surface area contributed by atoms with Crippen LogP contribution in [0.25, 0.3) is 10.2 Å². The van der Waals surface area contributed by atoms with Crippen molar-refractivity contribution in [3.05, 3.63) is 27.1 Å². The normalized spacial score (nSPS) is 24.1. The number of thiophene rings is 1. The van der Waals surface area contributed by atoms with Gasteiger partial charge in [-0.2, -0.15) is 0 Å². The molecule has 1 fully saturated rings. The third-order valence-electron chi connectivity index (χ3n) is 5.74. The van der Waals surface area contributed by atoms with E-state index in [9.17, 15) is 18.0 Å². The highest BCUT2D eigenvalue weighted by Crippen LogP contribution is 2.35. The second-order valence-corrected chi connectivity index (χ2v) is 11.1. The molecule has 9 heteroatoms. The van der Waals surface area contributed by atoms with Gasteiger partial charge in [-0.1, -0.05) is 6.92 Å². The quantitative estimate of drug-likeness (QED) is 0.761. The minimum absolute atomic E-state index is 0.00233. The molecular formula is C18H23N3O4S2. The topological polar surface area (TPSA) is 89.3 Å². The molecule has 146 valence electrons. The molecule has 1 aliphatic heterocycles. The fraction of sp³-hybridized carbons (Fsp3) is 0.611. The lowest BCUT2D eigenvalue weighted by molar-refractivity contribution is -0.132. The number of fused-ring (bicyclic) bond motifs is 3. The van der Waals surface area contributed by atoms with Gasteiger partial charge in [0.05, 0.1) is 23.2 Å².